The summed E-state index contributed by atoms with van der Waals surface area (Å²) in [6.07, 6.45) is 8.54. The molecule has 2 rings (SSSR count). The second kappa shape index (κ2) is 5.86. The summed E-state index contributed by atoms with van der Waals surface area (Å²) in [5, 5.41) is 7.22. The van der Waals surface area contributed by atoms with Crippen LogP contribution in [0.1, 0.15) is 45.4 Å². The van der Waals surface area contributed by atoms with Gasteiger partial charge >= 0.3 is 0 Å². The third-order valence-electron chi connectivity index (χ3n) is 4.04. The molecule has 3 unspecified atom stereocenters. The van der Waals surface area contributed by atoms with Gasteiger partial charge in [-0.05, 0) is 50.6 Å². The molecule has 88 valence electrons. The van der Waals surface area contributed by atoms with Crippen molar-refractivity contribution >= 4 is 0 Å². The second-order valence-electron chi connectivity index (χ2n) is 5.59. The highest BCUT2D eigenvalue weighted by Gasteiger charge is 2.20. The Kier molecular flexibility index (Phi) is 4.45. The zero-order chi connectivity index (χ0) is 10.5. The Morgan fingerprint density at radius 3 is 2.87 bits per heavy atom. The lowest BCUT2D eigenvalue weighted by Gasteiger charge is -2.30. The fourth-order valence-electron chi connectivity index (χ4n) is 3.10. The Hall–Kier alpha value is -0.0800. The molecule has 2 aliphatic rings. The van der Waals surface area contributed by atoms with Crippen LogP contribution in [0.25, 0.3) is 0 Å². The number of rotatable bonds is 3. The monoisotopic (exact) mass is 210 g/mol. The van der Waals surface area contributed by atoms with Gasteiger partial charge in [-0.3, -0.25) is 0 Å². The van der Waals surface area contributed by atoms with Crippen LogP contribution in [0.15, 0.2) is 0 Å². The third-order valence-corrected chi connectivity index (χ3v) is 4.04. The Morgan fingerprint density at radius 2 is 2.13 bits per heavy atom. The van der Waals surface area contributed by atoms with E-state index in [2.05, 4.69) is 17.6 Å². The molecule has 1 saturated heterocycles. The first-order valence-electron chi connectivity index (χ1n) is 6.78. The van der Waals surface area contributed by atoms with E-state index in [4.69, 9.17) is 0 Å². The zero-order valence-electron chi connectivity index (χ0n) is 10.1. The van der Waals surface area contributed by atoms with Gasteiger partial charge in [0.05, 0.1) is 0 Å². The average Bonchev–Trinajstić information content (AvgIpc) is 2.28. The van der Waals surface area contributed by atoms with E-state index in [0.29, 0.717) is 0 Å². The van der Waals surface area contributed by atoms with Gasteiger partial charge in [0.25, 0.3) is 0 Å². The van der Waals surface area contributed by atoms with Crippen LogP contribution in [0.4, 0.5) is 0 Å². The van der Waals surface area contributed by atoms with E-state index < -0.39 is 0 Å². The van der Waals surface area contributed by atoms with Crippen molar-refractivity contribution in [3.63, 3.8) is 0 Å². The molecule has 1 heterocycles. The molecule has 0 aromatic carbocycles. The largest absolute Gasteiger partial charge is 0.315 e. The SMILES string of the molecule is CC1CCCC(CNC2CCCNC2)C1. The van der Waals surface area contributed by atoms with Crippen LogP contribution in [-0.4, -0.2) is 25.7 Å². The van der Waals surface area contributed by atoms with Crippen molar-refractivity contribution in [1.82, 2.24) is 10.6 Å². The first-order chi connectivity index (χ1) is 7.34. The zero-order valence-corrected chi connectivity index (χ0v) is 10.1. The molecule has 2 heteroatoms. The summed E-state index contributed by atoms with van der Waals surface area (Å²) in [7, 11) is 0. The van der Waals surface area contributed by atoms with Crippen LogP contribution >= 0.6 is 0 Å². The summed E-state index contributed by atoms with van der Waals surface area (Å²) >= 11 is 0. The molecule has 2 fully saturated rings. The van der Waals surface area contributed by atoms with Crippen LogP contribution in [-0.2, 0) is 0 Å². The predicted octanol–water partition coefficient (Wildman–Crippen LogP) is 2.15. The predicted molar refractivity (Wildman–Crippen MR) is 65.0 cm³/mol. The summed E-state index contributed by atoms with van der Waals surface area (Å²) < 4.78 is 0. The van der Waals surface area contributed by atoms with Crippen LogP contribution in [0, 0.1) is 11.8 Å². The van der Waals surface area contributed by atoms with Gasteiger partial charge in [-0.2, -0.15) is 0 Å². The second-order valence-corrected chi connectivity index (χ2v) is 5.59. The average molecular weight is 210 g/mol. The molecule has 1 saturated carbocycles. The number of hydrogen-bond donors (Lipinski definition) is 2. The van der Waals surface area contributed by atoms with E-state index in [0.717, 1.165) is 17.9 Å². The standard InChI is InChI=1S/C13H26N2/c1-11-4-2-5-12(8-11)9-15-13-6-3-7-14-10-13/h11-15H,2-10H2,1H3. The molecule has 1 aliphatic heterocycles. The van der Waals surface area contributed by atoms with Crippen LogP contribution in [0.3, 0.4) is 0 Å². The van der Waals surface area contributed by atoms with E-state index >= 15 is 0 Å². The van der Waals surface area contributed by atoms with Gasteiger partial charge in [0, 0.05) is 12.6 Å². The van der Waals surface area contributed by atoms with Gasteiger partial charge in [-0.25, -0.2) is 0 Å². The maximum absolute atomic E-state index is 3.75. The van der Waals surface area contributed by atoms with Gasteiger partial charge in [0.1, 0.15) is 0 Å². The summed E-state index contributed by atoms with van der Waals surface area (Å²) in [5.41, 5.74) is 0. The lowest BCUT2D eigenvalue weighted by Crippen LogP contribution is -2.45. The third kappa shape index (κ3) is 3.76. The molecule has 0 aromatic heterocycles. The van der Waals surface area contributed by atoms with Crippen molar-refractivity contribution in [2.75, 3.05) is 19.6 Å². The van der Waals surface area contributed by atoms with Gasteiger partial charge in [0.2, 0.25) is 0 Å². The molecular formula is C13H26N2. The van der Waals surface area contributed by atoms with E-state index in [-0.39, 0.29) is 0 Å². The van der Waals surface area contributed by atoms with E-state index in [1.807, 2.05) is 0 Å². The van der Waals surface area contributed by atoms with Crippen LogP contribution in [0.5, 0.6) is 0 Å². The molecule has 3 atom stereocenters. The summed E-state index contributed by atoms with van der Waals surface area (Å²) in [5.74, 6) is 1.92. The lowest BCUT2D eigenvalue weighted by molar-refractivity contribution is 0.258. The molecule has 0 spiro atoms. The minimum Gasteiger partial charge on any atom is -0.315 e. The number of piperidine rings is 1. The molecule has 15 heavy (non-hydrogen) atoms. The smallest absolute Gasteiger partial charge is 0.0193 e. The van der Waals surface area contributed by atoms with Gasteiger partial charge in [0.15, 0.2) is 0 Å². The molecule has 1 aliphatic carbocycles. The maximum Gasteiger partial charge on any atom is 0.0193 e. The molecule has 2 nitrogen and oxygen atoms in total. The highest BCUT2D eigenvalue weighted by Crippen LogP contribution is 2.28. The summed E-state index contributed by atoms with van der Waals surface area (Å²) in [6.45, 7) is 6.08. The van der Waals surface area contributed by atoms with Crippen molar-refractivity contribution in [1.29, 1.82) is 0 Å². The van der Waals surface area contributed by atoms with Crippen molar-refractivity contribution in [2.45, 2.75) is 51.5 Å². The number of nitrogens with one attached hydrogen (secondary N) is 2. The quantitative estimate of drug-likeness (QED) is 0.746. The fourth-order valence-corrected chi connectivity index (χ4v) is 3.10. The molecular weight excluding hydrogens is 184 g/mol. The molecule has 0 amide bonds. The number of hydrogen-bond acceptors (Lipinski definition) is 2. The van der Waals surface area contributed by atoms with Crippen molar-refractivity contribution in [3.8, 4) is 0 Å². The maximum atomic E-state index is 3.75. The van der Waals surface area contributed by atoms with E-state index in [1.54, 1.807) is 0 Å². The Morgan fingerprint density at radius 1 is 1.20 bits per heavy atom. The Balaban J connectivity index is 1.63. The fraction of sp³-hybridized carbons (Fsp3) is 1.00. The van der Waals surface area contributed by atoms with Crippen molar-refractivity contribution in [3.05, 3.63) is 0 Å². The van der Waals surface area contributed by atoms with E-state index in [1.165, 1.54) is 58.2 Å². The first kappa shape index (κ1) is 11.4. The highest BCUT2D eigenvalue weighted by molar-refractivity contribution is 4.78. The molecule has 0 aromatic rings. The van der Waals surface area contributed by atoms with E-state index in [9.17, 15) is 0 Å². The lowest BCUT2D eigenvalue weighted by atomic mass is 9.82. The summed E-state index contributed by atoms with van der Waals surface area (Å²) in [4.78, 5) is 0. The molecule has 2 N–H and O–H groups in total. The molecule has 0 bridgehead atoms. The highest BCUT2D eigenvalue weighted by atomic mass is 15.0. The Labute approximate surface area is 94.2 Å². The van der Waals surface area contributed by atoms with Crippen molar-refractivity contribution in [2.24, 2.45) is 11.8 Å². The van der Waals surface area contributed by atoms with Crippen LogP contribution in [0.2, 0.25) is 0 Å². The van der Waals surface area contributed by atoms with Crippen LogP contribution < -0.4 is 10.6 Å². The topological polar surface area (TPSA) is 24.1 Å². The summed E-state index contributed by atoms with van der Waals surface area (Å²) in [6, 6.07) is 0.746. The first-order valence-corrected chi connectivity index (χ1v) is 6.78. The Bertz CT molecular complexity index is 175. The normalized spacial score (nSPS) is 37.8. The van der Waals surface area contributed by atoms with Gasteiger partial charge in [-0.15, -0.1) is 0 Å². The molecule has 0 radical (unpaired) electrons. The van der Waals surface area contributed by atoms with Gasteiger partial charge < -0.3 is 10.6 Å². The minimum atomic E-state index is 0.746. The van der Waals surface area contributed by atoms with Crippen molar-refractivity contribution < 1.29 is 0 Å². The van der Waals surface area contributed by atoms with Gasteiger partial charge in [-0.1, -0.05) is 19.8 Å². The minimum absolute atomic E-state index is 0.746.